The number of anilines is 1. The third-order valence-electron chi connectivity index (χ3n) is 6.39. The summed E-state index contributed by atoms with van der Waals surface area (Å²) >= 11 is 5.18. The van der Waals surface area contributed by atoms with Gasteiger partial charge in [-0.2, -0.15) is 16.8 Å². The lowest BCUT2D eigenvalue weighted by atomic mass is 10.3. The number of nitrogens with zero attached hydrogens (tertiary/aromatic N) is 5. The third-order valence-corrected chi connectivity index (χ3v) is 12.9. The minimum Gasteiger partial charge on any atom is -0.330 e. The van der Waals surface area contributed by atoms with Gasteiger partial charge in [0.25, 0.3) is 31.4 Å². The van der Waals surface area contributed by atoms with Crippen LogP contribution in [-0.2, 0) is 29.9 Å². The smallest absolute Gasteiger partial charge is 0.282 e. The first-order valence-electron chi connectivity index (χ1n) is 12.5. The predicted octanol–water partition coefficient (Wildman–Crippen LogP) is 3.93. The molecule has 4 aromatic carbocycles. The van der Waals surface area contributed by atoms with Crippen molar-refractivity contribution in [3.05, 3.63) is 111 Å². The maximum absolute atomic E-state index is 14.4. The van der Waals surface area contributed by atoms with Gasteiger partial charge >= 0.3 is 0 Å². The topological polar surface area (TPSA) is 243 Å². The number of nitrogens with one attached hydrogen (secondary N) is 1. The molecule has 48 heavy (non-hydrogen) atoms. The molecule has 1 aromatic heterocycles. The third kappa shape index (κ3) is 6.01. The largest absolute Gasteiger partial charge is 0.330 e. The lowest BCUT2D eigenvalue weighted by Gasteiger charge is -2.25. The highest BCUT2D eigenvalue weighted by Crippen LogP contribution is 2.33. The highest BCUT2D eigenvalue weighted by atomic mass is 32.3. The first kappa shape index (κ1) is 33.8. The Kier molecular flexibility index (Phi) is 8.64. The maximum Gasteiger partial charge on any atom is 0.282 e. The van der Waals surface area contributed by atoms with Gasteiger partial charge in [-0.15, -0.1) is 3.71 Å². The summed E-state index contributed by atoms with van der Waals surface area (Å²) in [6.45, 7) is 0. The fourth-order valence-corrected chi connectivity index (χ4v) is 9.80. The summed E-state index contributed by atoms with van der Waals surface area (Å²) in [5.41, 5.74) is -3.15. The molecule has 0 saturated carbocycles. The predicted molar refractivity (Wildman–Crippen MR) is 162 cm³/mol. The molecule has 1 N–H and O–H groups in total. The number of hydrogen-bond donors (Lipinski definition) is 1. The van der Waals surface area contributed by atoms with Crippen LogP contribution in [0.5, 0.6) is 0 Å². The molecule has 0 spiro atoms. The van der Waals surface area contributed by atoms with Crippen LogP contribution in [0.25, 0.3) is 11.0 Å². The number of benzene rings is 4. The van der Waals surface area contributed by atoms with E-state index in [2.05, 4.69) is 20.3 Å². The van der Waals surface area contributed by atoms with Crippen molar-refractivity contribution in [3.8, 4) is 0 Å². The first-order valence-corrected chi connectivity index (χ1v) is 17.3. The first-order chi connectivity index (χ1) is 22.5. The Bertz CT molecular complexity index is 2480. The fraction of sp³-hybridized carbons (Fsp3) is 0. The second-order valence-electron chi connectivity index (χ2n) is 9.29. The number of nitro groups is 2. The van der Waals surface area contributed by atoms with E-state index in [1.807, 2.05) is 0 Å². The van der Waals surface area contributed by atoms with Crippen LogP contribution in [0.15, 0.2) is 103 Å². The molecule has 1 heterocycles. The SMILES string of the molecule is O=[N+]([O-])c1ccc(S(=O)(=O)c2cc(F)ccc2NC(=S)N(S(=O)(=O)c2ccc([N+](=O)[O-])cc2)S(=O)(=O)c2ccc(F)c3nonc23)cc1. The number of aromatic nitrogens is 2. The van der Waals surface area contributed by atoms with Crippen molar-refractivity contribution in [3.63, 3.8) is 0 Å². The Morgan fingerprint density at radius 3 is 1.83 bits per heavy atom. The number of halogens is 2. The number of rotatable bonds is 9. The summed E-state index contributed by atoms with van der Waals surface area (Å²) in [5.74, 6) is -2.20. The normalized spacial score (nSPS) is 12.0. The van der Waals surface area contributed by atoms with Crippen LogP contribution in [0, 0.1) is 31.9 Å². The van der Waals surface area contributed by atoms with E-state index in [0.29, 0.717) is 30.3 Å². The molecule has 17 nitrogen and oxygen atoms in total. The van der Waals surface area contributed by atoms with E-state index in [-0.39, 0.29) is 3.71 Å². The van der Waals surface area contributed by atoms with Crippen molar-refractivity contribution >= 4 is 75.3 Å². The van der Waals surface area contributed by atoms with Gasteiger partial charge in [0.1, 0.15) is 10.7 Å². The summed E-state index contributed by atoms with van der Waals surface area (Å²) in [6.07, 6.45) is 0. The van der Waals surface area contributed by atoms with Crippen molar-refractivity contribution in [2.45, 2.75) is 19.6 Å². The molecule has 0 aliphatic carbocycles. The van der Waals surface area contributed by atoms with Gasteiger partial charge in [-0.1, -0.05) is 0 Å². The van der Waals surface area contributed by atoms with E-state index >= 15 is 0 Å². The number of sulfonamides is 2. The Labute approximate surface area is 272 Å². The van der Waals surface area contributed by atoms with Crippen molar-refractivity contribution in [1.82, 2.24) is 14.0 Å². The van der Waals surface area contributed by atoms with E-state index in [1.54, 1.807) is 0 Å². The molecule has 248 valence electrons. The van der Waals surface area contributed by atoms with E-state index in [9.17, 15) is 54.3 Å². The van der Waals surface area contributed by atoms with Gasteiger partial charge in [0, 0.05) is 24.3 Å². The summed E-state index contributed by atoms with van der Waals surface area (Å²) in [6, 6.07) is 9.56. The minimum atomic E-state index is -5.50. The van der Waals surface area contributed by atoms with Gasteiger partial charge < -0.3 is 5.32 Å². The number of fused-ring (bicyclic) bond motifs is 1. The number of sulfone groups is 1. The van der Waals surface area contributed by atoms with Crippen molar-refractivity contribution < 1.29 is 48.5 Å². The molecule has 0 fully saturated rings. The molecule has 5 aromatic rings. The van der Waals surface area contributed by atoms with E-state index in [1.165, 1.54) is 0 Å². The second-order valence-corrected chi connectivity index (χ2v) is 15.4. The number of hydrogen-bond acceptors (Lipinski definition) is 14. The van der Waals surface area contributed by atoms with Crippen molar-refractivity contribution in [2.75, 3.05) is 5.32 Å². The van der Waals surface area contributed by atoms with Crippen molar-refractivity contribution in [2.24, 2.45) is 0 Å². The van der Waals surface area contributed by atoms with Crippen LogP contribution in [-0.4, -0.2) is 54.2 Å². The quantitative estimate of drug-likeness (QED) is 0.128. The summed E-state index contributed by atoms with van der Waals surface area (Å²) in [4.78, 5) is 17.2. The molecular weight excluding hydrogens is 727 g/mol. The van der Waals surface area contributed by atoms with Gasteiger partial charge in [-0.3, -0.25) is 20.2 Å². The van der Waals surface area contributed by atoms with Crippen LogP contribution in [0.4, 0.5) is 25.8 Å². The van der Waals surface area contributed by atoms with Gasteiger partial charge in [0.15, 0.2) is 16.9 Å². The Morgan fingerprint density at radius 2 is 1.27 bits per heavy atom. The zero-order chi connectivity index (χ0) is 35.2. The molecule has 0 unspecified atom stereocenters. The maximum atomic E-state index is 14.4. The highest BCUT2D eigenvalue weighted by molar-refractivity contribution is 8.06. The lowest BCUT2D eigenvalue weighted by Crippen LogP contribution is -2.44. The van der Waals surface area contributed by atoms with Crippen LogP contribution >= 0.6 is 12.2 Å². The molecule has 0 aliphatic rings. The fourth-order valence-electron chi connectivity index (χ4n) is 4.15. The molecule has 5 rings (SSSR count). The van der Waals surface area contributed by atoms with Crippen molar-refractivity contribution in [1.29, 1.82) is 0 Å². The summed E-state index contributed by atoms with van der Waals surface area (Å²) in [7, 11) is -15.6. The molecule has 0 amide bonds. The van der Waals surface area contributed by atoms with E-state index < -0.39 is 104 Å². The van der Waals surface area contributed by atoms with E-state index in [4.69, 9.17) is 12.2 Å². The molecule has 0 radical (unpaired) electrons. The Morgan fingerprint density at radius 1 is 0.729 bits per heavy atom. The summed E-state index contributed by atoms with van der Waals surface area (Å²) < 4.78 is 116. The second kappa shape index (κ2) is 12.3. The van der Waals surface area contributed by atoms with Gasteiger partial charge in [0.05, 0.1) is 30.2 Å². The lowest BCUT2D eigenvalue weighted by molar-refractivity contribution is -0.385. The zero-order valence-corrected chi connectivity index (χ0v) is 26.4. The zero-order valence-electron chi connectivity index (χ0n) is 23.1. The van der Waals surface area contributed by atoms with Crippen LogP contribution in [0.2, 0.25) is 0 Å². The molecule has 0 atom stereocenters. The molecule has 0 bridgehead atoms. The average molecular weight is 741 g/mol. The number of nitro benzene ring substituents is 2. The number of non-ortho nitro benzene ring substituents is 2. The monoisotopic (exact) mass is 740 g/mol. The van der Waals surface area contributed by atoms with E-state index in [0.717, 1.165) is 48.5 Å². The van der Waals surface area contributed by atoms with Gasteiger partial charge in [-0.25, -0.2) is 21.8 Å². The Hall–Kier alpha value is -5.52. The highest BCUT2D eigenvalue weighted by Gasteiger charge is 2.41. The molecule has 0 saturated heterocycles. The van der Waals surface area contributed by atoms with Crippen LogP contribution < -0.4 is 5.32 Å². The Balaban J connectivity index is 1.67. The molecular formula is C25H14F2N6O11S4. The standard InChI is InChI=1S/C25H14F2N6O11S4/c26-14-1-11-20(22(13-14)46(38,39)17-6-2-15(3-7-17)31(34)35)28-25(45)33(47(40,41)18-8-4-16(5-9-18)32(36)37)48(42,43)21-12-10-19(27)23-24(21)30-44-29-23/h1-13H,(H,28,45). The van der Waals surface area contributed by atoms with Gasteiger partial charge in [0.2, 0.25) is 14.9 Å². The molecule has 23 heteroatoms. The average Bonchev–Trinajstić information content (AvgIpc) is 3.52. The van der Waals surface area contributed by atoms with Crippen LogP contribution in [0.3, 0.4) is 0 Å². The minimum absolute atomic E-state index is 0.385. The molecule has 0 aliphatic heterocycles. The number of thiocarbonyl (C=S) groups is 1. The van der Waals surface area contributed by atoms with Gasteiger partial charge in [-0.05, 0) is 77.1 Å². The summed E-state index contributed by atoms with van der Waals surface area (Å²) in [5, 5.41) is 29.7. The van der Waals surface area contributed by atoms with Crippen LogP contribution in [0.1, 0.15) is 0 Å².